The minimum absolute atomic E-state index is 0.0751. The Balaban J connectivity index is 2.34. The van der Waals surface area contributed by atoms with Gasteiger partial charge in [-0.2, -0.15) is 0 Å². The topological polar surface area (TPSA) is 38.7 Å². The molecule has 1 saturated heterocycles. The molecule has 3 nitrogen and oxygen atoms in total. The predicted octanol–water partition coefficient (Wildman–Crippen LogP) is 4.03. The van der Waals surface area contributed by atoms with Gasteiger partial charge in [-0.3, -0.25) is 0 Å². The molecule has 0 aromatic rings. The fraction of sp³-hybridized carbons (Fsp3) is 1.00. The summed E-state index contributed by atoms with van der Waals surface area (Å²) >= 11 is 0. The van der Waals surface area contributed by atoms with Crippen molar-refractivity contribution in [3.8, 4) is 0 Å². The van der Waals surface area contributed by atoms with Gasteiger partial charge < -0.3 is 14.6 Å². The van der Waals surface area contributed by atoms with E-state index in [4.69, 9.17) is 9.47 Å². The standard InChI is InChI=1S/C16H32O3/c1-3-5-7-9-11-16(12-10-8-6-4-2)18-14-15(13-17)19-16/h15,17H,3-14H2,1-2H3. The number of unbranched alkanes of at least 4 members (excludes halogenated alkanes) is 6. The van der Waals surface area contributed by atoms with Crippen LogP contribution in [-0.4, -0.2) is 30.2 Å². The minimum Gasteiger partial charge on any atom is -0.394 e. The lowest BCUT2D eigenvalue weighted by Crippen LogP contribution is -2.31. The zero-order chi connectivity index (χ0) is 14.0. The monoisotopic (exact) mass is 272 g/mol. The molecular weight excluding hydrogens is 240 g/mol. The van der Waals surface area contributed by atoms with Crippen LogP contribution in [0.2, 0.25) is 0 Å². The van der Waals surface area contributed by atoms with Crippen molar-refractivity contribution in [3.63, 3.8) is 0 Å². The van der Waals surface area contributed by atoms with Crippen LogP contribution in [0.15, 0.2) is 0 Å². The molecule has 114 valence electrons. The van der Waals surface area contributed by atoms with Gasteiger partial charge in [0.15, 0.2) is 5.79 Å². The highest BCUT2D eigenvalue weighted by atomic mass is 16.7. The van der Waals surface area contributed by atoms with Crippen LogP contribution in [-0.2, 0) is 9.47 Å². The van der Waals surface area contributed by atoms with Gasteiger partial charge in [0.05, 0.1) is 13.2 Å². The zero-order valence-electron chi connectivity index (χ0n) is 12.8. The van der Waals surface area contributed by atoms with Crippen molar-refractivity contribution in [3.05, 3.63) is 0 Å². The lowest BCUT2D eigenvalue weighted by molar-refractivity contribution is -0.182. The minimum atomic E-state index is -0.394. The van der Waals surface area contributed by atoms with Crippen LogP contribution in [0.3, 0.4) is 0 Å². The Bertz CT molecular complexity index is 206. The molecule has 1 heterocycles. The first-order valence-corrected chi connectivity index (χ1v) is 8.19. The maximum Gasteiger partial charge on any atom is 0.169 e. The molecule has 1 fully saturated rings. The molecule has 0 aromatic carbocycles. The lowest BCUT2D eigenvalue weighted by atomic mass is 10.00. The summed E-state index contributed by atoms with van der Waals surface area (Å²) in [6.45, 7) is 5.08. The van der Waals surface area contributed by atoms with Gasteiger partial charge in [0, 0.05) is 12.8 Å². The molecule has 1 rings (SSSR count). The van der Waals surface area contributed by atoms with Crippen LogP contribution in [0.25, 0.3) is 0 Å². The van der Waals surface area contributed by atoms with E-state index in [2.05, 4.69) is 13.8 Å². The predicted molar refractivity (Wildman–Crippen MR) is 78.2 cm³/mol. The maximum absolute atomic E-state index is 9.21. The van der Waals surface area contributed by atoms with E-state index in [1.165, 1.54) is 51.4 Å². The Hall–Kier alpha value is -0.120. The summed E-state index contributed by atoms with van der Waals surface area (Å²) in [4.78, 5) is 0. The molecule has 1 aliphatic rings. The number of rotatable bonds is 11. The van der Waals surface area contributed by atoms with Crippen LogP contribution < -0.4 is 0 Å². The average molecular weight is 272 g/mol. The quantitative estimate of drug-likeness (QED) is 0.577. The highest BCUT2D eigenvalue weighted by Crippen LogP contribution is 2.34. The Morgan fingerprint density at radius 3 is 1.95 bits per heavy atom. The van der Waals surface area contributed by atoms with Crippen molar-refractivity contribution in [1.29, 1.82) is 0 Å². The number of aliphatic hydroxyl groups excluding tert-OH is 1. The number of aliphatic hydroxyl groups is 1. The summed E-state index contributed by atoms with van der Waals surface area (Å²) in [5, 5.41) is 9.21. The Labute approximate surface area is 118 Å². The van der Waals surface area contributed by atoms with Gasteiger partial charge in [-0.25, -0.2) is 0 Å². The second-order valence-electron chi connectivity index (χ2n) is 5.77. The van der Waals surface area contributed by atoms with Crippen molar-refractivity contribution < 1.29 is 14.6 Å². The molecule has 1 aliphatic heterocycles. The van der Waals surface area contributed by atoms with Crippen molar-refractivity contribution in [2.24, 2.45) is 0 Å². The third-order valence-corrected chi connectivity index (χ3v) is 3.94. The Morgan fingerprint density at radius 2 is 1.53 bits per heavy atom. The second kappa shape index (κ2) is 9.73. The molecule has 3 heteroatoms. The SMILES string of the molecule is CCCCCCC1(CCCCCC)OCC(CO)O1. The fourth-order valence-corrected chi connectivity index (χ4v) is 2.74. The van der Waals surface area contributed by atoms with Gasteiger partial charge in [0.2, 0.25) is 0 Å². The molecule has 0 amide bonds. The first-order valence-electron chi connectivity index (χ1n) is 8.19. The third-order valence-electron chi connectivity index (χ3n) is 3.94. The van der Waals surface area contributed by atoms with Gasteiger partial charge in [-0.1, -0.05) is 52.4 Å². The lowest BCUT2D eigenvalue weighted by Gasteiger charge is -2.28. The molecule has 19 heavy (non-hydrogen) atoms. The van der Waals surface area contributed by atoms with Crippen LogP contribution in [0.5, 0.6) is 0 Å². The highest BCUT2D eigenvalue weighted by molar-refractivity contribution is 4.79. The molecular formula is C16H32O3. The fourth-order valence-electron chi connectivity index (χ4n) is 2.74. The van der Waals surface area contributed by atoms with Gasteiger partial charge in [-0.15, -0.1) is 0 Å². The molecule has 1 N–H and O–H groups in total. The van der Waals surface area contributed by atoms with Crippen molar-refractivity contribution >= 4 is 0 Å². The van der Waals surface area contributed by atoms with Gasteiger partial charge >= 0.3 is 0 Å². The van der Waals surface area contributed by atoms with Crippen LogP contribution >= 0.6 is 0 Å². The first kappa shape index (κ1) is 16.9. The van der Waals surface area contributed by atoms with E-state index in [1.807, 2.05) is 0 Å². The van der Waals surface area contributed by atoms with Crippen molar-refractivity contribution in [1.82, 2.24) is 0 Å². The summed E-state index contributed by atoms with van der Waals surface area (Å²) in [5.74, 6) is -0.394. The maximum atomic E-state index is 9.21. The van der Waals surface area contributed by atoms with Crippen LogP contribution in [0.4, 0.5) is 0 Å². The van der Waals surface area contributed by atoms with Crippen molar-refractivity contribution in [2.45, 2.75) is 89.9 Å². The first-order chi connectivity index (χ1) is 9.26. The second-order valence-corrected chi connectivity index (χ2v) is 5.77. The molecule has 0 saturated carbocycles. The summed E-state index contributed by atoms with van der Waals surface area (Å²) in [6.07, 6.45) is 11.8. The van der Waals surface area contributed by atoms with E-state index in [0.29, 0.717) is 6.61 Å². The van der Waals surface area contributed by atoms with E-state index >= 15 is 0 Å². The van der Waals surface area contributed by atoms with E-state index in [1.54, 1.807) is 0 Å². The Kier molecular flexibility index (Phi) is 8.67. The largest absolute Gasteiger partial charge is 0.394 e. The van der Waals surface area contributed by atoms with E-state index < -0.39 is 5.79 Å². The summed E-state index contributed by atoms with van der Waals surface area (Å²) < 4.78 is 11.9. The summed E-state index contributed by atoms with van der Waals surface area (Å²) in [5.41, 5.74) is 0. The average Bonchev–Trinajstić information content (AvgIpc) is 2.84. The van der Waals surface area contributed by atoms with E-state index in [-0.39, 0.29) is 12.7 Å². The Morgan fingerprint density at radius 1 is 0.947 bits per heavy atom. The molecule has 0 spiro atoms. The molecule has 0 aliphatic carbocycles. The number of ether oxygens (including phenoxy) is 2. The summed E-state index contributed by atoms with van der Waals surface area (Å²) in [7, 11) is 0. The van der Waals surface area contributed by atoms with E-state index in [0.717, 1.165) is 12.8 Å². The summed E-state index contributed by atoms with van der Waals surface area (Å²) in [6, 6.07) is 0. The highest BCUT2D eigenvalue weighted by Gasteiger charge is 2.40. The zero-order valence-corrected chi connectivity index (χ0v) is 12.8. The molecule has 1 atom stereocenters. The normalized spacial score (nSPS) is 21.9. The number of hydrogen-bond donors (Lipinski definition) is 1. The van der Waals surface area contributed by atoms with Gasteiger partial charge in [0.1, 0.15) is 6.10 Å². The molecule has 0 radical (unpaired) electrons. The molecule has 0 aromatic heterocycles. The van der Waals surface area contributed by atoms with Crippen LogP contribution in [0.1, 0.15) is 78.1 Å². The van der Waals surface area contributed by atoms with E-state index in [9.17, 15) is 5.11 Å². The van der Waals surface area contributed by atoms with Gasteiger partial charge in [0.25, 0.3) is 0 Å². The number of hydrogen-bond acceptors (Lipinski definition) is 3. The smallest absolute Gasteiger partial charge is 0.169 e. The molecule has 1 unspecified atom stereocenters. The molecule has 0 bridgehead atoms. The third kappa shape index (κ3) is 6.24. The van der Waals surface area contributed by atoms with Gasteiger partial charge in [-0.05, 0) is 12.8 Å². The van der Waals surface area contributed by atoms with Crippen LogP contribution in [0, 0.1) is 0 Å². The van der Waals surface area contributed by atoms with Crippen molar-refractivity contribution in [2.75, 3.05) is 13.2 Å².